The minimum absolute atomic E-state index is 0.301. The highest BCUT2D eigenvalue weighted by atomic mass is 16.2. The number of anilines is 1. The summed E-state index contributed by atoms with van der Waals surface area (Å²) < 4.78 is 2.85. The molecular weight excluding hydrogens is 320 g/mol. The van der Waals surface area contributed by atoms with Crippen molar-refractivity contribution in [3.05, 3.63) is 56.2 Å². The molecule has 0 atom stereocenters. The number of hydrazone groups is 1. The van der Waals surface area contributed by atoms with E-state index in [-0.39, 0.29) is 0 Å². The summed E-state index contributed by atoms with van der Waals surface area (Å²) in [5.74, 6) is 0.852. The number of imidazole rings is 1. The van der Waals surface area contributed by atoms with Crippen LogP contribution in [0, 0.1) is 0 Å². The molecule has 0 aliphatic heterocycles. The van der Waals surface area contributed by atoms with Crippen molar-refractivity contribution in [3.63, 3.8) is 0 Å². The number of aromatic amines is 1. The molecule has 2 heterocycles. The zero-order chi connectivity index (χ0) is 18.1. The van der Waals surface area contributed by atoms with Gasteiger partial charge in [0.15, 0.2) is 11.2 Å². The molecule has 0 radical (unpaired) electrons. The number of nitrogens with one attached hydrogen (secondary N) is 2. The molecule has 0 saturated carbocycles. The molecule has 3 aromatic rings. The lowest BCUT2D eigenvalue weighted by Crippen LogP contribution is -2.29. The maximum atomic E-state index is 12.0. The molecule has 3 rings (SSSR count). The van der Waals surface area contributed by atoms with E-state index < -0.39 is 11.2 Å². The normalized spacial score (nSPS) is 11.7. The van der Waals surface area contributed by atoms with Crippen molar-refractivity contribution in [3.8, 4) is 0 Å². The van der Waals surface area contributed by atoms with E-state index in [0.717, 1.165) is 5.56 Å². The van der Waals surface area contributed by atoms with Crippen LogP contribution in [0.15, 0.2) is 39.0 Å². The molecule has 2 N–H and O–H groups in total. The predicted octanol–water partition coefficient (Wildman–Crippen LogP) is 1.53. The molecule has 0 aliphatic carbocycles. The largest absolute Gasteiger partial charge is 0.329 e. The zero-order valence-electron chi connectivity index (χ0n) is 14.6. The molecule has 8 nitrogen and oxygen atoms in total. The lowest BCUT2D eigenvalue weighted by molar-refractivity contribution is 0.829. The Kier molecular flexibility index (Phi) is 4.26. The number of aryl methyl sites for hydroxylation is 2. The Morgan fingerprint density at radius 3 is 2.48 bits per heavy atom. The standard InChI is InChI=1S/C17H20N6O2/c1-10(2)12-7-5-11(6-8-12)9-18-21-16-19-14-13(22(16)3)15(24)20-17(25)23(14)4/h5-10H,1-4H3,(H,19,21)(H,20,24,25). The summed E-state index contributed by atoms with van der Waals surface area (Å²) in [4.78, 5) is 30.2. The number of hydrogen-bond acceptors (Lipinski definition) is 5. The van der Waals surface area contributed by atoms with Gasteiger partial charge in [-0.3, -0.25) is 14.3 Å². The fraction of sp³-hybridized carbons (Fsp3) is 0.294. The van der Waals surface area contributed by atoms with Gasteiger partial charge >= 0.3 is 5.69 Å². The molecule has 8 heteroatoms. The average Bonchev–Trinajstić information content (AvgIpc) is 2.91. The average molecular weight is 340 g/mol. The molecule has 0 bridgehead atoms. The molecule has 0 amide bonds. The van der Waals surface area contributed by atoms with E-state index in [1.54, 1.807) is 24.9 Å². The molecule has 0 saturated heterocycles. The molecule has 130 valence electrons. The van der Waals surface area contributed by atoms with Crippen molar-refractivity contribution in [2.75, 3.05) is 5.43 Å². The van der Waals surface area contributed by atoms with Gasteiger partial charge in [0.05, 0.1) is 6.21 Å². The van der Waals surface area contributed by atoms with Crippen LogP contribution in [0.4, 0.5) is 5.95 Å². The molecular formula is C17H20N6O2. The second-order valence-corrected chi connectivity index (χ2v) is 6.18. The van der Waals surface area contributed by atoms with Gasteiger partial charge in [0.25, 0.3) is 5.56 Å². The van der Waals surface area contributed by atoms with Crippen molar-refractivity contribution in [2.45, 2.75) is 19.8 Å². The Bertz CT molecular complexity index is 1050. The molecule has 0 fully saturated rings. The van der Waals surface area contributed by atoms with Crippen LogP contribution >= 0.6 is 0 Å². The molecule has 1 aromatic carbocycles. The lowest BCUT2D eigenvalue weighted by Gasteiger charge is -2.04. The monoisotopic (exact) mass is 340 g/mol. The number of rotatable bonds is 4. The second kappa shape index (κ2) is 6.39. The summed E-state index contributed by atoms with van der Waals surface area (Å²) >= 11 is 0. The van der Waals surface area contributed by atoms with Crippen LogP contribution in [-0.2, 0) is 14.1 Å². The SMILES string of the molecule is CC(C)c1ccc(C=NNc2nc3c(c(=O)[nH]c(=O)n3C)n2C)cc1. The number of aromatic nitrogens is 4. The topological polar surface area (TPSA) is 97.1 Å². The summed E-state index contributed by atoms with van der Waals surface area (Å²) in [5.41, 5.74) is 4.65. The molecule has 2 aromatic heterocycles. The zero-order valence-corrected chi connectivity index (χ0v) is 14.6. The number of hydrogen-bond donors (Lipinski definition) is 2. The third-order valence-electron chi connectivity index (χ3n) is 4.12. The second-order valence-electron chi connectivity index (χ2n) is 6.18. The minimum Gasteiger partial charge on any atom is -0.306 e. The fourth-order valence-electron chi connectivity index (χ4n) is 2.54. The van der Waals surface area contributed by atoms with Crippen LogP contribution in [0.25, 0.3) is 11.2 Å². The summed E-state index contributed by atoms with van der Waals surface area (Å²) in [6, 6.07) is 8.11. The van der Waals surface area contributed by atoms with E-state index in [2.05, 4.69) is 46.5 Å². The van der Waals surface area contributed by atoms with E-state index in [4.69, 9.17) is 0 Å². The van der Waals surface area contributed by atoms with Gasteiger partial charge in [-0.1, -0.05) is 38.1 Å². The van der Waals surface area contributed by atoms with Gasteiger partial charge in [-0.05, 0) is 17.0 Å². The van der Waals surface area contributed by atoms with E-state index >= 15 is 0 Å². The third kappa shape index (κ3) is 3.10. The summed E-state index contributed by atoms with van der Waals surface area (Å²) in [7, 11) is 3.24. The first-order valence-corrected chi connectivity index (χ1v) is 7.93. The van der Waals surface area contributed by atoms with Gasteiger partial charge in [0.1, 0.15) is 0 Å². The number of benzene rings is 1. The van der Waals surface area contributed by atoms with Crippen molar-refractivity contribution in [1.29, 1.82) is 0 Å². The maximum Gasteiger partial charge on any atom is 0.329 e. The van der Waals surface area contributed by atoms with Crippen LogP contribution in [0.5, 0.6) is 0 Å². The highest BCUT2D eigenvalue weighted by Crippen LogP contribution is 2.14. The first-order valence-electron chi connectivity index (χ1n) is 7.93. The Balaban J connectivity index is 1.87. The van der Waals surface area contributed by atoms with Gasteiger partial charge in [0, 0.05) is 14.1 Å². The van der Waals surface area contributed by atoms with Crippen molar-refractivity contribution < 1.29 is 0 Å². The minimum atomic E-state index is -0.504. The van der Waals surface area contributed by atoms with E-state index in [1.165, 1.54) is 10.1 Å². The van der Waals surface area contributed by atoms with Crippen molar-refractivity contribution >= 4 is 23.3 Å². The van der Waals surface area contributed by atoms with Crippen LogP contribution in [0.1, 0.15) is 30.9 Å². The number of nitrogens with zero attached hydrogens (tertiary/aromatic N) is 4. The Labute approximate surface area is 143 Å². The van der Waals surface area contributed by atoms with Crippen LogP contribution < -0.4 is 16.7 Å². The fourth-order valence-corrected chi connectivity index (χ4v) is 2.54. The number of H-pyrrole nitrogens is 1. The van der Waals surface area contributed by atoms with E-state index in [1.807, 2.05) is 12.1 Å². The predicted molar refractivity (Wildman–Crippen MR) is 98.3 cm³/mol. The van der Waals surface area contributed by atoms with Gasteiger partial charge in [-0.15, -0.1) is 0 Å². The van der Waals surface area contributed by atoms with Gasteiger partial charge in [0.2, 0.25) is 5.95 Å². The Morgan fingerprint density at radius 2 is 1.84 bits per heavy atom. The van der Waals surface area contributed by atoms with Gasteiger partial charge in [-0.25, -0.2) is 10.2 Å². The van der Waals surface area contributed by atoms with Gasteiger partial charge < -0.3 is 4.57 Å². The molecule has 0 aliphatic rings. The quantitative estimate of drug-likeness (QED) is 0.556. The summed E-state index contributed by atoms with van der Waals surface area (Å²) in [6.07, 6.45) is 1.67. The highest BCUT2D eigenvalue weighted by molar-refractivity contribution is 5.80. The molecule has 0 unspecified atom stereocenters. The third-order valence-corrected chi connectivity index (χ3v) is 4.12. The van der Waals surface area contributed by atoms with Crippen LogP contribution in [0.2, 0.25) is 0 Å². The highest BCUT2D eigenvalue weighted by Gasteiger charge is 2.14. The smallest absolute Gasteiger partial charge is 0.306 e. The Hall–Kier alpha value is -3.16. The van der Waals surface area contributed by atoms with Crippen molar-refractivity contribution in [2.24, 2.45) is 19.2 Å². The first-order chi connectivity index (χ1) is 11.9. The van der Waals surface area contributed by atoms with E-state index in [0.29, 0.717) is 23.0 Å². The van der Waals surface area contributed by atoms with Gasteiger partial charge in [-0.2, -0.15) is 10.1 Å². The first kappa shape index (κ1) is 16.7. The van der Waals surface area contributed by atoms with E-state index in [9.17, 15) is 9.59 Å². The van der Waals surface area contributed by atoms with Crippen LogP contribution in [-0.4, -0.2) is 25.3 Å². The maximum absolute atomic E-state index is 12.0. The summed E-state index contributed by atoms with van der Waals surface area (Å²) in [5, 5.41) is 4.17. The summed E-state index contributed by atoms with van der Waals surface area (Å²) in [6.45, 7) is 4.29. The molecule has 0 spiro atoms. The molecule has 25 heavy (non-hydrogen) atoms. The van der Waals surface area contributed by atoms with Crippen molar-refractivity contribution in [1.82, 2.24) is 19.1 Å². The Morgan fingerprint density at radius 1 is 1.16 bits per heavy atom. The lowest BCUT2D eigenvalue weighted by atomic mass is 10.0. The van der Waals surface area contributed by atoms with Crippen LogP contribution in [0.3, 0.4) is 0 Å². The number of fused-ring (bicyclic) bond motifs is 1.